The van der Waals surface area contributed by atoms with Crippen LogP contribution in [0.2, 0.25) is 10.0 Å². The Labute approximate surface area is 119 Å². The summed E-state index contributed by atoms with van der Waals surface area (Å²) in [6.45, 7) is 0. The van der Waals surface area contributed by atoms with Crippen molar-refractivity contribution in [1.82, 2.24) is 0 Å². The van der Waals surface area contributed by atoms with E-state index in [0.717, 1.165) is 0 Å². The molecule has 0 unspecified atom stereocenters. The van der Waals surface area contributed by atoms with Crippen molar-refractivity contribution in [2.45, 2.75) is 0 Å². The van der Waals surface area contributed by atoms with E-state index in [1.807, 2.05) is 0 Å². The van der Waals surface area contributed by atoms with Gasteiger partial charge >= 0.3 is 0 Å². The summed E-state index contributed by atoms with van der Waals surface area (Å²) in [7, 11) is 0. The van der Waals surface area contributed by atoms with E-state index >= 15 is 0 Å². The highest BCUT2D eigenvalue weighted by molar-refractivity contribution is 6.34. The number of carbonyl (C=O) groups is 1. The third-order valence-electron chi connectivity index (χ3n) is 2.43. The van der Waals surface area contributed by atoms with Gasteiger partial charge in [-0.05, 0) is 30.3 Å². The van der Waals surface area contributed by atoms with Crippen LogP contribution in [0.1, 0.15) is 10.4 Å². The van der Waals surface area contributed by atoms with Crippen molar-refractivity contribution in [3.8, 4) is 0 Å². The lowest BCUT2D eigenvalue weighted by molar-refractivity contribution is 0.102. The summed E-state index contributed by atoms with van der Waals surface area (Å²) in [5, 5.41) is 2.68. The van der Waals surface area contributed by atoms with Crippen molar-refractivity contribution >= 4 is 40.5 Å². The predicted molar refractivity (Wildman–Crippen MR) is 75.2 cm³/mol. The number of halogens is 3. The van der Waals surface area contributed by atoms with Crippen molar-refractivity contribution in [1.29, 1.82) is 0 Å². The van der Waals surface area contributed by atoms with Crippen molar-refractivity contribution in [3.63, 3.8) is 0 Å². The second kappa shape index (κ2) is 5.47. The van der Waals surface area contributed by atoms with Gasteiger partial charge in [0, 0.05) is 5.69 Å². The van der Waals surface area contributed by atoms with Crippen LogP contribution in [-0.4, -0.2) is 5.91 Å². The van der Waals surface area contributed by atoms with Gasteiger partial charge in [0.25, 0.3) is 5.91 Å². The van der Waals surface area contributed by atoms with Crippen LogP contribution in [0.3, 0.4) is 0 Å². The molecule has 6 heteroatoms. The van der Waals surface area contributed by atoms with E-state index in [9.17, 15) is 9.18 Å². The summed E-state index contributed by atoms with van der Waals surface area (Å²) >= 11 is 11.5. The summed E-state index contributed by atoms with van der Waals surface area (Å²) in [6.07, 6.45) is 0. The number of nitrogen functional groups attached to an aromatic ring is 1. The van der Waals surface area contributed by atoms with Gasteiger partial charge in [0.05, 0.1) is 21.3 Å². The molecule has 0 aliphatic heterocycles. The maximum Gasteiger partial charge on any atom is 0.258 e. The first kappa shape index (κ1) is 13.6. The highest BCUT2D eigenvalue weighted by Gasteiger charge is 2.15. The normalized spacial score (nSPS) is 10.3. The van der Waals surface area contributed by atoms with E-state index in [2.05, 4.69) is 5.32 Å². The van der Waals surface area contributed by atoms with Gasteiger partial charge in [-0.1, -0.05) is 29.3 Å². The van der Waals surface area contributed by atoms with Crippen LogP contribution in [0.4, 0.5) is 15.8 Å². The van der Waals surface area contributed by atoms with Crippen molar-refractivity contribution < 1.29 is 9.18 Å². The van der Waals surface area contributed by atoms with Crippen molar-refractivity contribution in [2.75, 3.05) is 11.1 Å². The van der Waals surface area contributed by atoms with Crippen molar-refractivity contribution in [3.05, 3.63) is 57.8 Å². The standard InChI is InChI=1S/C13H9Cl2FN2O/c14-9-5-4-7(17)6-11(9)18-13(19)8-2-1-3-10(15)12(8)16/h1-6H,17H2,(H,18,19). The number of anilines is 2. The maximum absolute atomic E-state index is 13.7. The molecule has 0 saturated heterocycles. The molecule has 0 bridgehead atoms. The zero-order valence-corrected chi connectivity index (χ0v) is 11.1. The highest BCUT2D eigenvalue weighted by Crippen LogP contribution is 2.25. The van der Waals surface area contributed by atoms with E-state index < -0.39 is 11.7 Å². The largest absolute Gasteiger partial charge is 0.399 e. The Morgan fingerprint density at radius 1 is 1.16 bits per heavy atom. The Bertz CT molecular complexity index is 647. The average molecular weight is 299 g/mol. The molecule has 2 aromatic rings. The van der Waals surface area contributed by atoms with E-state index in [4.69, 9.17) is 28.9 Å². The molecular weight excluding hydrogens is 290 g/mol. The number of benzene rings is 2. The van der Waals surface area contributed by atoms with Crippen LogP contribution in [0, 0.1) is 5.82 Å². The molecule has 3 N–H and O–H groups in total. The molecule has 19 heavy (non-hydrogen) atoms. The maximum atomic E-state index is 13.7. The van der Waals surface area contributed by atoms with E-state index in [1.54, 1.807) is 12.1 Å². The van der Waals surface area contributed by atoms with Gasteiger partial charge in [0.1, 0.15) is 0 Å². The Kier molecular flexibility index (Phi) is 3.93. The fourth-order valence-corrected chi connectivity index (χ4v) is 1.85. The highest BCUT2D eigenvalue weighted by atomic mass is 35.5. The molecule has 98 valence electrons. The van der Waals surface area contributed by atoms with Crippen LogP contribution in [0.15, 0.2) is 36.4 Å². The molecule has 0 spiro atoms. The molecular formula is C13H9Cl2FN2O. The van der Waals surface area contributed by atoms with Gasteiger partial charge < -0.3 is 11.1 Å². The molecule has 0 radical (unpaired) electrons. The summed E-state index contributed by atoms with van der Waals surface area (Å²) in [5.74, 6) is -1.42. The Balaban J connectivity index is 2.31. The smallest absolute Gasteiger partial charge is 0.258 e. The Hall–Kier alpha value is -1.78. The van der Waals surface area contributed by atoms with Crippen molar-refractivity contribution in [2.24, 2.45) is 0 Å². The summed E-state index contributed by atoms with van der Waals surface area (Å²) in [5.41, 5.74) is 6.18. The summed E-state index contributed by atoms with van der Waals surface area (Å²) in [6, 6.07) is 8.81. The van der Waals surface area contributed by atoms with Gasteiger partial charge in [-0.2, -0.15) is 0 Å². The second-order valence-corrected chi connectivity index (χ2v) is 4.61. The number of carbonyl (C=O) groups excluding carboxylic acids is 1. The van der Waals surface area contributed by atoms with Crippen LogP contribution in [0.5, 0.6) is 0 Å². The predicted octanol–water partition coefficient (Wildman–Crippen LogP) is 3.97. The van der Waals surface area contributed by atoms with E-state index in [-0.39, 0.29) is 10.6 Å². The molecule has 2 rings (SSSR count). The molecule has 2 aromatic carbocycles. The van der Waals surface area contributed by atoms with Gasteiger partial charge in [-0.3, -0.25) is 4.79 Å². The minimum atomic E-state index is -0.776. The third-order valence-corrected chi connectivity index (χ3v) is 3.06. The number of rotatable bonds is 2. The molecule has 0 heterocycles. The first-order valence-corrected chi connectivity index (χ1v) is 6.05. The number of hydrogen-bond acceptors (Lipinski definition) is 2. The summed E-state index contributed by atoms with van der Waals surface area (Å²) in [4.78, 5) is 11.9. The zero-order valence-electron chi connectivity index (χ0n) is 9.58. The first-order valence-electron chi connectivity index (χ1n) is 5.29. The van der Waals surface area contributed by atoms with Gasteiger partial charge in [-0.15, -0.1) is 0 Å². The van der Waals surface area contributed by atoms with E-state index in [1.165, 1.54) is 24.3 Å². The molecule has 0 aliphatic rings. The van der Waals surface area contributed by atoms with Crippen LogP contribution in [0.25, 0.3) is 0 Å². The summed E-state index contributed by atoms with van der Waals surface area (Å²) < 4.78 is 13.7. The first-order chi connectivity index (χ1) is 8.99. The van der Waals surface area contributed by atoms with Crippen LogP contribution in [-0.2, 0) is 0 Å². The third kappa shape index (κ3) is 2.97. The minimum absolute atomic E-state index is 0.119. The molecule has 0 saturated carbocycles. The van der Waals surface area contributed by atoms with E-state index in [0.29, 0.717) is 16.4 Å². The molecule has 3 nitrogen and oxygen atoms in total. The van der Waals surface area contributed by atoms with Gasteiger partial charge in [0.2, 0.25) is 0 Å². The molecule has 0 fully saturated rings. The number of nitrogens with one attached hydrogen (secondary N) is 1. The fraction of sp³-hybridized carbons (Fsp3) is 0. The lowest BCUT2D eigenvalue weighted by Crippen LogP contribution is -2.14. The minimum Gasteiger partial charge on any atom is -0.399 e. The van der Waals surface area contributed by atoms with Crippen LogP contribution < -0.4 is 11.1 Å². The monoisotopic (exact) mass is 298 g/mol. The number of hydrogen-bond donors (Lipinski definition) is 2. The number of nitrogens with two attached hydrogens (primary N) is 1. The van der Waals surface area contributed by atoms with Gasteiger partial charge in [0.15, 0.2) is 5.82 Å². The molecule has 1 amide bonds. The number of amides is 1. The molecule has 0 aliphatic carbocycles. The SMILES string of the molecule is Nc1ccc(Cl)c(NC(=O)c2cccc(Cl)c2F)c1. The topological polar surface area (TPSA) is 55.1 Å². The second-order valence-electron chi connectivity index (χ2n) is 3.79. The fourth-order valence-electron chi connectivity index (χ4n) is 1.51. The lowest BCUT2D eigenvalue weighted by atomic mass is 10.2. The Morgan fingerprint density at radius 3 is 2.63 bits per heavy atom. The average Bonchev–Trinajstić information content (AvgIpc) is 2.37. The zero-order chi connectivity index (χ0) is 14.0. The molecule has 0 atom stereocenters. The molecule has 0 aromatic heterocycles. The van der Waals surface area contributed by atoms with Crippen LogP contribution >= 0.6 is 23.2 Å². The van der Waals surface area contributed by atoms with Gasteiger partial charge in [-0.25, -0.2) is 4.39 Å². The Morgan fingerprint density at radius 2 is 1.89 bits per heavy atom. The quantitative estimate of drug-likeness (QED) is 0.824. The lowest BCUT2D eigenvalue weighted by Gasteiger charge is -2.09.